The second kappa shape index (κ2) is 3.66. The van der Waals surface area contributed by atoms with Gasteiger partial charge < -0.3 is 10.2 Å². The smallest absolute Gasteiger partial charge is 0.223 e. The number of carbonyl (C=O) groups is 1. The van der Waals surface area contributed by atoms with Gasteiger partial charge in [-0.2, -0.15) is 0 Å². The van der Waals surface area contributed by atoms with Crippen LogP contribution in [0.4, 0.5) is 0 Å². The van der Waals surface area contributed by atoms with E-state index in [0.717, 1.165) is 19.4 Å². The highest BCUT2D eigenvalue weighted by molar-refractivity contribution is 5.80. The van der Waals surface area contributed by atoms with Crippen molar-refractivity contribution in [3.8, 4) is 0 Å². The molecule has 0 aromatic heterocycles. The van der Waals surface area contributed by atoms with Crippen LogP contribution in [0.25, 0.3) is 0 Å². The summed E-state index contributed by atoms with van der Waals surface area (Å²) in [7, 11) is 4.06. The van der Waals surface area contributed by atoms with Crippen LogP contribution in [0.15, 0.2) is 0 Å². The lowest BCUT2D eigenvalue weighted by Crippen LogP contribution is -2.48. The fraction of sp³-hybridized carbons (Fsp3) is 0.900. The summed E-state index contributed by atoms with van der Waals surface area (Å²) >= 11 is 0. The van der Waals surface area contributed by atoms with E-state index in [9.17, 15) is 4.79 Å². The van der Waals surface area contributed by atoms with Crippen molar-refractivity contribution in [1.82, 2.24) is 10.2 Å². The summed E-state index contributed by atoms with van der Waals surface area (Å²) < 4.78 is 0. The Morgan fingerprint density at radius 3 is 2.38 bits per heavy atom. The van der Waals surface area contributed by atoms with Gasteiger partial charge in [0.05, 0.1) is 0 Å². The van der Waals surface area contributed by atoms with Crippen LogP contribution in [0.5, 0.6) is 0 Å². The predicted molar refractivity (Wildman–Crippen MR) is 53.5 cm³/mol. The Kier molecular flexibility index (Phi) is 2.96. The van der Waals surface area contributed by atoms with Crippen molar-refractivity contribution in [2.24, 2.45) is 5.92 Å². The van der Waals surface area contributed by atoms with E-state index in [2.05, 4.69) is 24.1 Å². The van der Waals surface area contributed by atoms with Crippen LogP contribution in [-0.2, 0) is 4.79 Å². The summed E-state index contributed by atoms with van der Waals surface area (Å²) in [5.74, 6) is 0.549. The number of hydrogen-bond donors (Lipinski definition) is 1. The van der Waals surface area contributed by atoms with Gasteiger partial charge in [0.1, 0.15) is 0 Å². The molecule has 1 amide bonds. The van der Waals surface area contributed by atoms with E-state index in [4.69, 9.17) is 0 Å². The van der Waals surface area contributed by atoms with Crippen LogP contribution >= 0.6 is 0 Å². The predicted octanol–water partition coefficient (Wildman–Crippen LogP) is 0.853. The van der Waals surface area contributed by atoms with E-state index in [1.807, 2.05) is 14.1 Å². The summed E-state index contributed by atoms with van der Waals surface area (Å²) in [6.07, 6.45) is 2.16. The van der Waals surface area contributed by atoms with Gasteiger partial charge >= 0.3 is 0 Å². The molecule has 76 valence electrons. The van der Waals surface area contributed by atoms with Crippen LogP contribution in [0.2, 0.25) is 0 Å². The first-order valence-electron chi connectivity index (χ1n) is 4.88. The van der Waals surface area contributed by atoms with Gasteiger partial charge in [-0.25, -0.2) is 0 Å². The lowest BCUT2D eigenvalue weighted by atomic mass is 10.0. The molecule has 3 heteroatoms. The fourth-order valence-electron chi connectivity index (χ4n) is 0.951. The average Bonchev–Trinajstić information content (AvgIpc) is 2.82. The van der Waals surface area contributed by atoms with E-state index in [1.165, 1.54) is 0 Å². The average molecular weight is 184 g/mol. The highest BCUT2D eigenvalue weighted by Gasteiger charge is 2.31. The minimum atomic E-state index is 0.0462. The molecule has 0 aromatic rings. The Labute approximate surface area is 80.5 Å². The standard InChI is InChI=1S/C10H20N2O/c1-10(2,12(3)4)7-11-9(13)8-5-6-8/h8H,5-7H2,1-4H3,(H,11,13). The van der Waals surface area contributed by atoms with Crippen molar-refractivity contribution >= 4 is 5.91 Å². The SMILES string of the molecule is CN(C)C(C)(C)CNC(=O)C1CC1. The first-order valence-corrected chi connectivity index (χ1v) is 4.88. The van der Waals surface area contributed by atoms with Gasteiger partial charge in [-0.1, -0.05) is 0 Å². The van der Waals surface area contributed by atoms with Crippen LogP contribution < -0.4 is 5.32 Å². The van der Waals surface area contributed by atoms with Crippen LogP contribution in [-0.4, -0.2) is 37.0 Å². The first-order chi connectivity index (χ1) is 5.93. The molecule has 0 atom stereocenters. The van der Waals surface area contributed by atoms with Gasteiger partial charge in [0.15, 0.2) is 0 Å². The molecule has 1 N–H and O–H groups in total. The molecule has 0 spiro atoms. The zero-order valence-corrected chi connectivity index (χ0v) is 9.05. The van der Waals surface area contributed by atoms with Crippen molar-refractivity contribution in [2.75, 3.05) is 20.6 Å². The van der Waals surface area contributed by atoms with Crippen molar-refractivity contribution in [3.05, 3.63) is 0 Å². The fourth-order valence-corrected chi connectivity index (χ4v) is 0.951. The van der Waals surface area contributed by atoms with Gasteiger partial charge in [0.2, 0.25) is 5.91 Å². The van der Waals surface area contributed by atoms with Gasteiger partial charge in [-0.3, -0.25) is 4.79 Å². The molecule has 1 saturated carbocycles. The highest BCUT2D eigenvalue weighted by atomic mass is 16.2. The third kappa shape index (κ3) is 2.99. The van der Waals surface area contributed by atoms with Gasteiger partial charge in [-0.15, -0.1) is 0 Å². The Hall–Kier alpha value is -0.570. The minimum absolute atomic E-state index is 0.0462. The van der Waals surface area contributed by atoms with Crippen LogP contribution in [0, 0.1) is 5.92 Å². The van der Waals surface area contributed by atoms with Crippen molar-refractivity contribution < 1.29 is 4.79 Å². The molecule has 3 nitrogen and oxygen atoms in total. The molecule has 1 aliphatic carbocycles. The lowest BCUT2D eigenvalue weighted by molar-refractivity contribution is -0.122. The molecule has 0 radical (unpaired) electrons. The number of nitrogens with zero attached hydrogens (tertiary/aromatic N) is 1. The number of nitrogens with one attached hydrogen (secondary N) is 1. The zero-order chi connectivity index (χ0) is 10.1. The van der Waals surface area contributed by atoms with Gasteiger partial charge in [-0.05, 0) is 40.8 Å². The third-order valence-corrected chi connectivity index (χ3v) is 2.85. The molecule has 0 saturated heterocycles. The van der Waals surface area contributed by atoms with Gasteiger partial charge in [0, 0.05) is 18.0 Å². The number of amides is 1. The second-order valence-corrected chi connectivity index (χ2v) is 4.70. The maximum Gasteiger partial charge on any atom is 0.223 e. The molecule has 1 aliphatic rings. The van der Waals surface area contributed by atoms with Crippen LogP contribution in [0.1, 0.15) is 26.7 Å². The van der Waals surface area contributed by atoms with Gasteiger partial charge in [0.25, 0.3) is 0 Å². The summed E-state index contributed by atoms with van der Waals surface area (Å²) in [5, 5.41) is 2.99. The molecule has 1 rings (SSSR count). The van der Waals surface area contributed by atoms with Crippen molar-refractivity contribution in [1.29, 1.82) is 0 Å². The topological polar surface area (TPSA) is 32.3 Å². The number of likely N-dealkylation sites (N-methyl/N-ethyl adjacent to an activating group) is 1. The maximum absolute atomic E-state index is 11.3. The normalized spacial score (nSPS) is 17.6. The summed E-state index contributed by atoms with van der Waals surface area (Å²) in [6, 6.07) is 0. The molecule has 13 heavy (non-hydrogen) atoms. The van der Waals surface area contributed by atoms with E-state index >= 15 is 0 Å². The summed E-state index contributed by atoms with van der Waals surface area (Å²) in [4.78, 5) is 13.5. The van der Waals surface area contributed by atoms with Crippen molar-refractivity contribution in [3.63, 3.8) is 0 Å². The molecule has 0 aliphatic heterocycles. The molecular formula is C10H20N2O. The quantitative estimate of drug-likeness (QED) is 0.702. The molecule has 0 unspecified atom stereocenters. The summed E-state index contributed by atoms with van der Waals surface area (Å²) in [6.45, 7) is 4.98. The minimum Gasteiger partial charge on any atom is -0.354 e. The largest absolute Gasteiger partial charge is 0.354 e. The molecular weight excluding hydrogens is 164 g/mol. The number of hydrogen-bond acceptors (Lipinski definition) is 2. The van der Waals surface area contributed by atoms with E-state index in [-0.39, 0.29) is 11.4 Å². The van der Waals surface area contributed by atoms with Crippen molar-refractivity contribution in [2.45, 2.75) is 32.2 Å². The molecule has 1 fully saturated rings. The molecule has 0 bridgehead atoms. The monoisotopic (exact) mass is 184 g/mol. The molecule has 0 aromatic carbocycles. The maximum atomic E-state index is 11.3. The Balaban J connectivity index is 2.27. The highest BCUT2D eigenvalue weighted by Crippen LogP contribution is 2.28. The number of rotatable bonds is 4. The first kappa shape index (κ1) is 10.5. The summed E-state index contributed by atoms with van der Waals surface area (Å²) in [5.41, 5.74) is 0.0462. The lowest BCUT2D eigenvalue weighted by Gasteiger charge is -2.32. The second-order valence-electron chi connectivity index (χ2n) is 4.70. The molecule has 0 heterocycles. The van der Waals surface area contributed by atoms with E-state index in [0.29, 0.717) is 5.92 Å². The van der Waals surface area contributed by atoms with E-state index < -0.39 is 0 Å². The Morgan fingerprint density at radius 1 is 1.46 bits per heavy atom. The Bertz CT molecular complexity index is 195. The third-order valence-electron chi connectivity index (χ3n) is 2.85. The number of carbonyl (C=O) groups excluding carboxylic acids is 1. The zero-order valence-electron chi connectivity index (χ0n) is 9.05. The van der Waals surface area contributed by atoms with E-state index in [1.54, 1.807) is 0 Å². The Morgan fingerprint density at radius 2 is 2.00 bits per heavy atom. The van der Waals surface area contributed by atoms with Crippen LogP contribution in [0.3, 0.4) is 0 Å².